The van der Waals surface area contributed by atoms with Gasteiger partial charge in [0.15, 0.2) is 5.82 Å². The number of carbonyl (C=O) groups is 2. The van der Waals surface area contributed by atoms with Crippen LogP contribution in [0.1, 0.15) is 45.2 Å². The van der Waals surface area contributed by atoms with Gasteiger partial charge in [0.1, 0.15) is 5.56 Å². The molecule has 3 N–H and O–H groups in total. The molecule has 1 fully saturated rings. The number of nitrogens with one attached hydrogen (secondary N) is 1. The maximum Gasteiger partial charge on any atom is 0.339 e. The maximum absolute atomic E-state index is 12.0. The molecule has 0 aliphatic carbocycles. The highest BCUT2D eigenvalue weighted by molar-refractivity contribution is 9.10. The lowest BCUT2D eigenvalue weighted by Gasteiger charge is -2.22. The quantitative estimate of drug-likeness (QED) is 0.697. The number of hydrogen-bond acceptors (Lipinski definition) is 6. The molecule has 1 aromatic heterocycles. The summed E-state index contributed by atoms with van der Waals surface area (Å²) in [7, 11) is 1.32. The van der Waals surface area contributed by atoms with Crippen LogP contribution in [0.5, 0.6) is 0 Å². The van der Waals surface area contributed by atoms with Crippen molar-refractivity contribution in [1.29, 1.82) is 0 Å². The minimum atomic E-state index is -0.581. The van der Waals surface area contributed by atoms with E-state index in [-0.39, 0.29) is 11.6 Å². The molecule has 0 bridgehead atoms. The van der Waals surface area contributed by atoms with Gasteiger partial charge >= 0.3 is 5.97 Å². The van der Waals surface area contributed by atoms with Gasteiger partial charge in [0.2, 0.25) is 0 Å². The number of methoxy groups -OCH3 is 1. The van der Waals surface area contributed by atoms with E-state index in [1.165, 1.54) is 7.11 Å². The number of nitrogens with two attached hydrogens (primary N) is 1. The number of nitrogens with zero attached hydrogens (tertiary/aromatic N) is 2. The Morgan fingerprint density at radius 2 is 2.19 bits per heavy atom. The van der Waals surface area contributed by atoms with Crippen LogP contribution in [-0.4, -0.2) is 42.0 Å². The van der Waals surface area contributed by atoms with E-state index in [4.69, 9.17) is 15.2 Å². The number of halogens is 1. The Morgan fingerprint density at radius 1 is 1.41 bits per heavy atom. The number of benzene rings is 1. The molecule has 1 saturated heterocycles. The summed E-state index contributed by atoms with van der Waals surface area (Å²) in [5, 5.41) is 7.59. The summed E-state index contributed by atoms with van der Waals surface area (Å²) < 4.78 is 12.7. The van der Waals surface area contributed by atoms with Crippen LogP contribution in [-0.2, 0) is 9.47 Å². The zero-order valence-corrected chi connectivity index (χ0v) is 16.7. The third-order valence-corrected chi connectivity index (χ3v) is 5.48. The minimum absolute atomic E-state index is 0.0599. The molecule has 8 nitrogen and oxygen atoms in total. The van der Waals surface area contributed by atoms with Crippen molar-refractivity contribution in [3.8, 4) is 0 Å². The molecule has 2 heterocycles. The first-order valence-corrected chi connectivity index (χ1v) is 9.32. The van der Waals surface area contributed by atoms with E-state index < -0.39 is 11.9 Å². The Kier molecular flexibility index (Phi) is 5.81. The molecular formula is C18H21BrN4O4. The van der Waals surface area contributed by atoms with Crippen molar-refractivity contribution in [1.82, 2.24) is 9.78 Å². The number of aryl methyl sites for hydroxylation is 1. The zero-order valence-electron chi connectivity index (χ0n) is 15.1. The van der Waals surface area contributed by atoms with E-state index in [0.717, 1.165) is 25.0 Å². The van der Waals surface area contributed by atoms with Gasteiger partial charge < -0.3 is 20.5 Å². The molecule has 0 saturated carbocycles. The van der Waals surface area contributed by atoms with Gasteiger partial charge in [-0.25, -0.2) is 4.79 Å². The lowest BCUT2D eigenvalue weighted by Crippen LogP contribution is -2.21. The first-order valence-electron chi connectivity index (χ1n) is 8.53. The third-order valence-electron chi connectivity index (χ3n) is 4.43. The van der Waals surface area contributed by atoms with Gasteiger partial charge in [-0.2, -0.15) is 5.10 Å². The van der Waals surface area contributed by atoms with Gasteiger partial charge in [0.05, 0.1) is 25.3 Å². The Hall–Kier alpha value is -2.39. The van der Waals surface area contributed by atoms with E-state index in [1.54, 1.807) is 16.9 Å². The second-order valence-electron chi connectivity index (χ2n) is 6.38. The van der Waals surface area contributed by atoms with Gasteiger partial charge in [0.25, 0.3) is 5.91 Å². The highest BCUT2D eigenvalue weighted by Gasteiger charge is 2.22. The SMILES string of the molecule is COC(=O)c1cc(Nc2nn([C@@H]3CCCOC3)cc2C(N)=O)cc(C)c1Br. The lowest BCUT2D eigenvalue weighted by atomic mass is 10.1. The molecule has 0 unspecified atom stereocenters. The summed E-state index contributed by atoms with van der Waals surface area (Å²) in [6.45, 7) is 3.14. The van der Waals surface area contributed by atoms with Crippen molar-refractivity contribution in [2.24, 2.45) is 5.73 Å². The van der Waals surface area contributed by atoms with Gasteiger partial charge in [-0.05, 0) is 53.4 Å². The fraction of sp³-hybridized carbons (Fsp3) is 0.389. The lowest BCUT2D eigenvalue weighted by molar-refractivity contribution is 0.0550. The summed E-state index contributed by atoms with van der Waals surface area (Å²) in [5.74, 6) is -0.707. The summed E-state index contributed by atoms with van der Waals surface area (Å²) in [6, 6.07) is 3.53. The minimum Gasteiger partial charge on any atom is -0.465 e. The Balaban J connectivity index is 1.95. The molecular weight excluding hydrogens is 416 g/mol. The highest BCUT2D eigenvalue weighted by atomic mass is 79.9. The normalized spacial score (nSPS) is 16.8. The fourth-order valence-corrected chi connectivity index (χ4v) is 3.41. The average Bonchev–Trinajstić information content (AvgIpc) is 3.08. The van der Waals surface area contributed by atoms with E-state index in [9.17, 15) is 9.59 Å². The Bertz CT molecular complexity index is 874. The van der Waals surface area contributed by atoms with Gasteiger partial charge in [-0.15, -0.1) is 0 Å². The summed E-state index contributed by atoms with van der Waals surface area (Å²) in [6.07, 6.45) is 3.49. The van der Waals surface area contributed by atoms with Crippen LogP contribution >= 0.6 is 15.9 Å². The molecule has 27 heavy (non-hydrogen) atoms. The van der Waals surface area contributed by atoms with Crippen LogP contribution in [0.15, 0.2) is 22.8 Å². The number of amides is 1. The van der Waals surface area contributed by atoms with E-state index in [1.807, 2.05) is 13.0 Å². The monoisotopic (exact) mass is 436 g/mol. The molecule has 1 aliphatic heterocycles. The number of primary amides is 1. The molecule has 144 valence electrons. The van der Waals surface area contributed by atoms with Crippen molar-refractivity contribution in [3.63, 3.8) is 0 Å². The molecule has 0 radical (unpaired) electrons. The van der Waals surface area contributed by atoms with Crippen molar-refractivity contribution in [2.45, 2.75) is 25.8 Å². The second kappa shape index (κ2) is 8.10. The Morgan fingerprint density at radius 3 is 2.81 bits per heavy atom. The first-order chi connectivity index (χ1) is 12.9. The summed E-state index contributed by atoms with van der Waals surface area (Å²) in [4.78, 5) is 23.9. The highest BCUT2D eigenvalue weighted by Crippen LogP contribution is 2.29. The second-order valence-corrected chi connectivity index (χ2v) is 7.17. The molecule has 1 atom stereocenters. The summed E-state index contributed by atoms with van der Waals surface area (Å²) in [5.41, 5.74) is 7.61. The molecule has 1 aromatic carbocycles. The van der Waals surface area contributed by atoms with Crippen molar-refractivity contribution in [2.75, 3.05) is 25.6 Å². The molecule has 9 heteroatoms. The van der Waals surface area contributed by atoms with Crippen LogP contribution in [0.3, 0.4) is 0 Å². The van der Waals surface area contributed by atoms with Crippen LogP contribution < -0.4 is 11.1 Å². The number of esters is 1. The van der Waals surface area contributed by atoms with E-state index in [2.05, 4.69) is 26.3 Å². The Labute approximate surface area is 165 Å². The van der Waals surface area contributed by atoms with E-state index >= 15 is 0 Å². The molecule has 3 rings (SSSR count). The van der Waals surface area contributed by atoms with Crippen molar-refractivity contribution >= 4 is 39.3 Å². The molecule has 1 aliphatic rings. The van der Waals surface area contributed by atoms with Crippen LogP contribution in [0, 0.1) is 6.92 Å². The van der Waals surface area contributed by atoms with Gasteiger partial charge in [-0.1, -0.05) is 0 Å². The molecule has 0 spiro atoms. The number of aromatic nitrogens is 2. The van der Waals surface area contributed by atoms with Crippen molar-refractivity contribution in [3.05, 3.63) is 39.5 Å². The fourth-order valence-electron chi connectivity index (χ4n) is 3.02. The summed E-state index contributed by atoms with van der Waals surface area (Å²) >= 11 is 3.40. The predicted octanol–water partition coefficient (Wildman–Crippen LogP) is 2.93. The number of hydrogen-bond donors (Lipinski definition) is 2. The number of ether oxygens (including phenoxy) is 2. The first kappa shape index (κ1) is 19.4. The zero-order chi connectivity index (χ0) is 19.6. The van der Waals surface area contributed by atoms with Crippen LogP contribution in [0.4, 0.5) is 11.5 Å². The topological polar surface area (TPSA) is 108 Å². The number of carbonyl (C=O) groups excluding carboxylic acids is 2. The molecule has 2 aromatic rings. The smallest absolute Gasteiger partial charge is 0.339 e. The van der Waals surface area contributed by atoms with Crippen LogP contribution in [0.25, 0.3) is 0 Å². The number of anilines is 2. The average molecular weight is 437 g/mol. The third kappa shape index (κ3) is 4.14. The van der Waals surface area contributed by atoms with Crippen molar-refractivity contribution < 1.29 is 19.1 Å². The predicted molar refractivity (Wildman–Crippen MR) is 103 cm³/mol. The largest absolute Gasteiger partial charge is 0.465 e. The van der Waals surface area contributed by atoms with Crippen LogP contribution in [0.2, 0.25) is 0 Å². The van der Waals surface area contributed by atoms with E-state index in [0.29, 0.717) is 28.1 Å². The van der Waals surface area contributed by atoms with Gasteiger partial charge in [0, 0.05) is 23.0 Å². The van der Waals surface area contributed by atoms with Gasteiger partial charge in [-0.3, -0.25) is 9.48 Å². The molecule has 1 amide bonds. The standard InChI is InChI=1S/C18H21BrN4O4/c1-10-6-11(7-13(15(10)19)18(25)26-2)21-17-14(16(20)24)8-23(22-17)12-4-3-5-27-9-12/h6-8,12H,3-5,9H2,1-2H3,(H2,20,24)(H,21,22)/t12-/m1/s1. The number of rotatable bonds is 5. The maximum atomic E-state index is 12.0.